The lowest BCUT2D eigenvalue weighted by Gasteiger charge is -2.19. The average Bonchev–Trinajstić information content (AvgIpc) is 2.04. The van der Waals surface area contributed by atoms with Crippen LogP contribution in [0.4, 0.5) is 4.39 Å². The molecule has 0 aliphatic heterocycles. The fourth-order valence-electron chi connectivity index (χ4n) is 1.54. The fraction of sp³-hybridized carbons (Fsp3) is 0.800. The third-order valence-corrected chi connectivity index (χ3v) is 2.35. The Labute approximate surface area is 76.7 Å². The second kappa shape index (κ2) is 6.27. The Hall–Kier alpha value is -0.265. The lowest BCUT2D eigenvalue weighted by atomic mass is 9.84. The van der Waals surface area contributed by atoms with Crippen molar-refractivity contribution in [2.75, 3.05) is 6.67 Å². The number of hydrogen-bond donors (Lipinski definition) is 0. The van der Waals surface area contributed by atoms with Crippen LogP contribution in [-0.2, 0) is 0 Å². The summed E-state index contributed by atoms with van der Waals surface area (Å²) in [5.74, 6) is 0.662. The summed E-state index contributed by atoms with van der Waals surface area (Å²) in [5, 5.41) is 0. The molecule has 0 N–H and O–H groups in total. The third kappa shape index (κ3) is 3.94. The average molecular weight is 170 g/mol. The van der Waals surface area contributed by atoms with Crippen molar-refractivity contribution in [1.82, 2.24) is 0 Å². The van der Waals surface area contributed by atoms with Crippen LogP contribution < -0.4 is 0 Å². The predicted molar refractivity (Wildman–Crippen MR) is 55.8 cm³/mol. The van der Waals surface area contributed by atoms with Crippen molar-refractivity contribution in [2.24, 2.45) is 11.8 Å². The molecule has 0 spiro atoms. The summed E-state index contributed by atoms with van der Waals surface area (Å²) >= 11 is 0. The van der Waals surface area contributed by atoms with E-state index >= 15 is 0 Å². The van der Waals surface area contributed by atoms with Gasteiger partial charge in [-0.2, -0.15) is 0 Å². The van der Waals surface area contributed by atoms with Crippen molar-refractivity contribution in [3.05, 3.63) is 11.5 Å². The van der Waals surface area contributed by atoms with E-state index in [0.717, 1.165) is 12.8 Å². The van der Waals surface area contributed by atoms with E-state index in [0.29, 0.717) is 5.92 Å². The maximum absolute atomic E-state index is 12.5. The van der Waals surface area contributed by atoms with Crippen LogP contribution in [0.1, 0.15) is 33.6 Å². The van der Waals surface area contributed by atoms with Gasteiger partial charge in [0.05, 0.1) is 6.67 Å². The van der Waals surface area contributed by atoms with E-state index < -0.39 is 0 Å². The first-order chi connectivity index (χ1) is 5.65. The molecule has 2 unspecified atom stereocenters. The molecular formula is C10H20BF. The second-order valence-electron chi connectivity index (χ2n) is 3.64. The summed E-state index contributed by atoms with van der Waals surface area (Å²) in [4.78, 5) is 0. The van der Waals surface area contributed by atoms with Crippen LogP contribution in [0.2, 0.25) is 0 Å². The molecule has 0 saturated heterocycles. The molecule has 0 rings (SSSR count). The smallest absolute Gasteiger partial charge is 0.133 e. The van der Waals surface area contributed by atoms with Gasteiger partial charge in [-0.25, -0.2) is 0 Å². The first kappa shape index (κ1) is 11.7. The zero-order valence-corrected chi connectivity index (χ0v) is 8.73. The first-order valence-corrected chi connectivity index (χ1v) is 4.86. The Morgan fingerprint density at radius 2 is 2.00 bits per heavy atom. The predicted octanol–water partition coefficient (Wildman–Crippen LogP) is 2.55. The number of allylic oxidation sites excluding steroid dienone is 2. The number of alkyl halides is 1. The van der Waals surface area contributed by atoms with Crippen LogP contribution in [0.25, 0.3) is 0 Å². The summed E-state index contributed by atoms with van der Waals surface area (Å²) in [5.41, 5.74) is 1.30. The maximum atomic E-state index is 12.5. The van der Waals surface area contributed by atoms with Crippen LogP contribution >= 0.6 is 0 Å². The second-order valence-corrected chi connectivity index (χ2v) is 3.64. The topological polar surface area (TPSA) is 0 Å². The van der Waals surface area contributed by atoms with Gasteiger partial charge in [0.25, 0.3) is 0 Å². The van der Waals surface area contributed by atoms with Crippen LogP contribution in [0.5, 0.6) is 0 Å². The van der Waals surface area contributed by atoms with Gasteiger partial charge in [0.1, 0.15) is 7.85 Å². The third-order valence-electron chi connectivity index (χ3n) is 2.35. The van der Waals surface area contributed by atoms with E-state index in [1.54, 1.807) is 0 Å². The maximum Gasteiger partial charge on any atom is 0.133 e. The minimum absolute atomic E-state index is 0.182. The van der Waals surface area contributed by atoms with Gasteiger partial charge in [-0.1, -0.05) is 33.3 Å². The molecule has 12 heavy (non-hydrogen) atoms. The standard InChI is InChI=1S/C10H20BF/c1-4-9(6-8(3)11)10(5-2)7-12/h6,9-10H,4-5,7,11H2,1-3H3/b8-6-. The van der Waals surface area contributed by atoms with Crippen molar-refractivity contribution in [3.8, 4) is 0 Å². The molecular weight excluding hydrogens is 150 g/mol. The van der Waals surface area contributed by atoms with E-state index in [4.69, 9.17) is 0 Å². The Balaban J connectivity index is 4.21. The molecule has 2 heteroatoms. The van der Waals surface area contributed by atoms with Crippen LogP contribution in [0.3, 0.4) is 0 Å². The van der Waals surface area contributed by atoms with Gasteiger partial charge in [0.15, 0.2) is 0 Å². The zero-order valence-electron chi connectivity index (χ0n) is 8.73. The molecule has 0 aliphatic carbocycles. The molecule has 0 aromatic carbocycles. The molecule has 0 heterocycles. The first-order valence-electron chi connectivity index (χ1n) is 4.86. The Bertz CT molecular complexity index is 135. The highest BCUT2D eigenvalue weighted by atomic mass is 19.1. The van der Waals surface area contributed by atoms with E-state index in [1.807, 2.05) is 0 Å². The molecule has 2 atom stereocenters. The summed E-state index contributed by atoms with van der Waals surface area (Å²) < 4.78 is 12.5. The quantitative estimate of drug-likeness (QED) is 0.556. The molecule has 0 radical (unpaired) electrons. The zero-order chi connectivity index (χ0) is 9.56. The van der Waals surface area contributed by atoms with E-state index in [1.165, 1.54) is 5.47 Å². The minimum Gasteiger partial charge on any atom is -0.251 e. The molecule has 0 aromatic rings. The van der Waals surface area contributed by atoms with Gasteiger partial charge in [-0.3, -0.25) is 4.39 Å². The molecule has 0 aliphatic rings. The Morgan fingerprint density at radius 1 is 1.42 bits per heavy atom. The van der Waals surface area contributed by atoms with Crippen LogP contribution in [0, 0.1) is 11.8 Å². The van der Waals surface area contributed by atoms with Gasteiger partial charge in [-0.15, -0.1) is 5.47 Å². The largest absolute Gasteiger partial charge is 0.251 e. The highest BCUT2D eigenvalue weighted by Crippen LogP contribution is 2.22. The SMILES string of the molecule is B/C(C)=C\C(CC)C(CC)CF. The van der Waals surface area contributed by atoms with Crippen molar-refractivity contribution in [2.45, 2.75) is 33.6 Å². The minimum atomic E-state index is -0.182. The number of hydrogen-bond acceptors (Lipinski definition) is 0. The molecule has 0 bridgehead atoms. The fourth-order valence-corrected chi connectivity index (χ4v) is 1.54. The molecule has 70 valence electrons. The molecule has 0 fully saturated rings. The van der Waals surface area contributed by atoms with Crippen LogP contribution in [-0.4, -0.2) is 14.5 Å². The number of halogens is 1. The summed E-state index contributed by atoms with van der Waals surface area (Å²) in [6, 6.07) is 0. The van der Waals surface area contributed by atoms with Crippen molar-refractivity contribution in [1.29, 1.82) is 0 Å². The molecule has 0 nitrogen and oxygen atoms in total. The number of rotatable bonds is 5. The normalized spacial score (nSPS) is 17.5. The van der Waals surface area contributed by atoms with Gasteiger partial charge in [0.2, 0.25) is 0 Å². The Morgan fingerprint density at radius 3 is 2.25 bits per heavy atom. The van der Waals surface area contributed by atoms with E-state index in [9.17, 15) is 4.39 Å². The van der Waals surface area contributed by atoms with Crippen molar-refractivity contribution in [3.63, 3.8) is 0 Å². The highest BCUT2D eigenvalue weighted by Gasteiger charge is 2.15. The van der Waals surface area contributed by atoms with Crippen LogP contribution in [0.15, 0.2) is 11.5 Å². The van der Waals surface area contributed by atoms with Gasteiger partial charge < -0.3 is 0 Å². The monoisotopic (exact) mass is 170 g/mol. The summed E-state index contributed by atoms with van der Waals surface area (Å²) in [6.45, 7) is 6.08. The van der Waals surface area contributed by atoms with E-state index in [-0.39, 0.29) is 12.6 Å². The summed E-state index contributed by atoms with van der Waals surface area (Å²) in [7, 11) is 2.08. The molecule has 0 amide bonds. The van der Waals surface area contributed by atoms with E-state index in [2.05, 4.69) is 34.7 Å². The Kier molecular flexibility index (Phi) is 6.13. The molecule has 0 saturated carbocycles. The molecule has 0 aromatic heterocycles. The van der Waals surface area contributed by atoms with Gasteiger partial charge in [-0.05, 0) is 18.3 Å². The lowest BCUT2D eigenvalue weighted by molar-refractivity contribution is 0.282. The van der Waals surface area contributed by atoms with Crippen molar-refractivity contribution < 1.29 is 4.39 Å². The highest BCUT2D eigenvalue weighted by molar-refractivity contribution is 6.21. The van der Waals surface area contributed by atoms with Gasteiger partial charge in [0, 0.05) is 0 Å². The van der Waals surface area contributed by atoms with Crippen molar-refractivity contribution >= 4 is 7.85 Å². The van der Waals surface area contributed by atoms with Gasteiger partial charge >= 0.3 is 0 Å². The summed E-state index contributed by atoms with van der Waals surface area (Å²) in [6.07, 6.45) is 4.19. The lowest BCUT2D eigenvalue weighted by Crippen LogP contribution is -2.13.